The van der Waals surface area contributed by atoms with Crippen molar-refractivity contribution in [1.29, 1.82) is 0 Å². The van der Waals surface area contributed by atoms with Crippen molar-refractivity contribution in [3.05, 3.63) is 35.3 Å². The van der Waals surface area contributed by atoms with Crippen molar-refractivity contribution in [3.8, 4) is 0 Å². The molecule has 0 atom stereocenters. The number of hydrogen-bond donors (Lipinski definition) is 0. The van der Waals surface area contributed by atoms with E-state index in [2.05, 4.69) is 4.98 Å². The molecule has 0 unspecified atom stereocenters. The molecule has 0 spiro atoms. The molecule has 86 valence electrons. The zero-order valence-electron chi connectivity index (χ0n) is 9.99. The van der Waals surface area contributed by atoms with Crippen LogP contribution >= 0.6 is 0 Å². The van der Waals surface area contributed by atoms with E-state index in [1.165, 1.54) is 6.92 Å². The van der Waals surface area contributed by atoms with Crippen molar-refractivity contribution in [3.63, 3.8) is 0 Å². The second kappa shape index (κ2) is 6.05. The lowest BCUT2D eigenvalue weighted by Crippen LogP contribution is -2.01. The number of Topliss-reactive ketones (excluding diaryl/α,β-unsaturated/α-hetero) is 1. The number of carbonyl (C=O) groups is 1. The molecule has 0 aliphatic heterocycles. The maximum Gasteiger partial charge on any atom is 0.194 e. The van der Waals surface area contributed by atoms with Crippen LogP contribution in [0.25, 0.3) is 6.08 Å². The first-order chi connectivity index (χ1) is 7.67. The Labute approximate surface area is 96.2 Å². The Morgan fingerprint density at radius 1 is 1.50 bits per heavy atom. The number of ether oxygens (including phenoxy) is 1. The lowest BCUT2D eigenvalue weighted by Gasteiger charge is -2.05. The fourth-order valence-corrected chi connectivity index (χ4v) is 1.33. The lowest BCUT2D eigenvalue weighted by atomic mass is 10.1. The number of ketones is 1. The number of aromatic nitrogens is 1. The van der Waals surface area contributed by atoms with E-state index in [0.29, 0.717) is 12.4 Å². The minimum atomic E-state index is -0.0586. The van der Waals surface area contributed by atoms with Crippen molar-refractivity contribution in [1.82, 2.24) is 4.98 Å². The Bertz CT molecular complexity index is 397. The number of nitrogens with zero attached hydrogens (tertiary/aromatic N) is 1. The van der Waals surface area contributed by atoms with E-state index in [4.69, 9.17) is 4.74 Å². The summed E-state index contributed by atoms with van der Waals surface area (Å²) in [5, 5.41) is 0. The first-order valence-electron chi connectivity index (χ1n) is 5.47. The Kier molecular flexibility index (Phi) is 4.70. The number of allylic oxidation sites excluding steroid dienone is 1. The van der Waals surface area contributed by atoms with Gasteiger partial charge in [-0.1, -0.05) is 6.92 Å². The van der Waals surface area contributed by atoms with Crippen LogP contribution in [-0.2, 0) is 16.0 Å². The Morgan fingerprint density at radius 3 is 2.81 bits per heavy atom. The standard InChI is InChI=1S/C13H17NO2/c1-4-12-8-11(6-7-14-12)9-13(10(3)15)16-5-2/h6-9H,4-5H2,1-3H3/b13-9+. The summed E-state index contributed by atoms with van der Waals surface area (Å²) in [6.45, 7) is 5.91. The fourth-order valence-electron chi connectivity index (χ4n) is 1.33. The molecule has 1 heterocycles. The monoisotopic (exact) mass is 219 g/mol. The van der Waals surface area contributed by atoms with Gasteiger partial charge < -0.3 is 4.74 Å². The van der Waals surface area contributed by atoms with Gasteiger partial charge in [-0.2, -0.15) is 0 Å². The molecule has 0 saturated carbocycles. The third-order valence-electron chi connectivity index (χ3n) is 2.15. The molecule has 3 heteroatoms. The molecule has 0 amide bonds. The molecule has 3 nitrogen and oxygen atoms in total. The van der Waals surface area contributed by atoms with Crippen LogP contribution in [-0.4, -0.2) is 17.4 Å². The highest BCUT2D eigenvalue weighted by atomic mass is 16.5. The van der Waals surface area contributed by atoms with E-state index < -0.39 is 0 Å². The highest BCUT2D eigenvalue weighted by Crippen LogP contribution is 2.10. The van der Waals surface area contributed by atoms with Crippen LogP contribution in [0.2, 0.25) is 0 Å². The normalized spacial score (nSPS) is 11.3. The number of pyridine rings is 1. The summed E-state index contributed by atoms with van der Waals surface area (Å²) in [7, 11) is 0. The van der Waals surface area contributed by atoms with Gasteiger partial charge in [0.15, 0.2) is 11.5 Å². The van der Waals surface area contributed by atoms with Gasteiger partial charge in [-0.25, -0.2) is 0 Å². The maximum absolute atomic E-state index is 11.3. The predicted molar refractivity (Wildman–Crippen MR) is 63.9 cm³/mol. The van der Waals surface area contributed by atoms with Crippen LogP contribution in [0.5, 0.6) is 0 Å². The molecule has 0 aliphatic carbocycles. The summed E-state index contributed by atoms with van der Waals surface area (Å²) in [5.41, 5.74) is 1.96. The average Bonchev–Trinajstić information content (AvgIpc) is 2.28. The third kappa shape index (κ3) is 3.50. The number of hydrogen-bond acceptors (Lipinski definition) is 3. The molecule has 0 saturated heterocycles. The predicted octanol–water partition coefficient (Wildman–Crippen LogP) is 2.61. The third-order valence-corrected chi connectivity index (χ3v) is 2.15. The molecule has 0 radical (unpaired) electrons. The smallest absolute Gasteiger partial charge is 0.194 e. The fraction of sp³-hybridized carbons (Fsp3) is 0.385. The van der Waals surface area contributed by atoms with Crippen LogP contribution in [0.1, 0.15) is 32.0 Å². The average molecular weight is 219 g/mol. The van der Waals surface area contributed by atoms with Gasteiger partial charge in [0.25, 0.3) is 0 Å². The van der Waals surface area contributed by atoms with Crippen LogP contribution in [0.15, 0.2) is 24.1 Å². The van der Waals surface area contributed by atoms with Crippen molar-refractivity contribution in [2.24, 2.45) is 0 Å². The van der Waals surface area contributed by atoms with Crippen LogP contribution in [0.4, 0.5) is 0 Å². The van der Waals surface area contributed by atoms with Crippen LogP contribution in [0, 0.1) is 0 Å². The van der Waals surface area contributed by atoms with E-state index in [9.17, 15) is 4.79 Å². The van der Waals surface area contributed by atoms with Crippen molar-refractivity contribution in [2.75, 3.05) is 6.61 Å². The summed E-state index contributed by atoms with van der Waals surface area (Å²) < 4.78 is 5.27. The minimum absolute atomic E-state index is 0.0586. The van der Waals surface area contributed by atoms with Gasteiger partial charge in [0.2, 0.25) is 0 Å². The lowest BCUT2D eigenvalue weighted by molar-refractivity contribution is -0.116. The quantitative estimate of drug-likeness (QED) is 0.564. The van der Waals surface area contributed by atoms with Crippen LogP contribution < -0.4 is 0 Å². The summed E-state index contributed by atoms with van der Waals surface area (Å²) in [4.78, 5) is 15.5. The van der Waals surface area contributed by atoms with Gasteiger partial charge in [-0.3, -0.25) is 9.78 Å². The molecule has 1 rings (SSSR count). The molecular weight excluding hydrogens is 202 g/mol. The van der Waals surface area contributed by atoms with Crippen molar-refractivity contribution in [2.45, 2.75) is 27.2 Å². The van der Waals surface area contributed by atoms with Gasteiger partial charge in [-0.15, -0.1) is 0 Å². The van der Waals surface area contributed by atoms with Gasteiger partial charge in [0, 0.05) is 18.8 Å². The molecule has 16 heavy (non-hydrogen) atoms. The first kappa shape index (κ1) is 12.4. The SMILES string of the molecule is CCO/C(=C/c1ccnc(CC)c1)C(C)=O. The largest absolute Gasteiger partial charge is 0.490 e. The summed E-state index contributed by atoms with van der Waals surface area (Å²) >= 11 is 0. The highest BCUT2D eigenvalue weighted by Gasteiger charge is 2.04. The molecule has 1 aromatic rings. The number of aryl methyl sites for hydroxylation is 1. The molecule has 1 aromatic heterocycles. The summed E-state index contributed by atoms with van der Waals surface area (Å²) in [6, 6.07) is 3.82. The Balaban J connectivity index is 2.97. The van der Waals surface area contributed by atoms with Crippen LogP contribution in [0.3, 0.4) is 0 Å². The molecule has 0 bridgehead atoms. The second-order valence-electron chi connectivity index (χ2n) is 3.43. The molecule has 0 N–H and O–H groups in total. The van der Waals surface area contributed by atoms with Gasteiger partial charge >= 0.3 is 0 Å². The van der Waals surface area contributed by atoms with Gasteiger partial charge in [0.05, 0.1) is 6.61 Å². The van der Waals surface area contributed by atoms with Crippen molar-refractivity contribution >= 4 is 11.9 Å². The molecule has 0 fully saturated rings. The van der Waals surface area contributed by atoms with E-state index in [1.807, 2.05) is 26.0 Å². The minimum Gasteiger partial charge on any atom is -0.490 e. The molecule has 0 aliphatic rings. The first-order valence-corrected chi connectivity index (χ1v) is 5.47. The zero-order chi connectivity index (χ0) is 12.0. The van der Waals surface area contributed by atoms with Gasteiger partial charge in [-0.05, 0) is 37.1 Å². The van der Waals surface area contributed by atoms with E-state index in [1.54, 1.807) is 12.3 Å². The van der Waals surface area contributed by atoms with Gasteiger partial charge in [0.1, 0.15) is 0 Å². The van der Waals surface area contributed by atoms with E-state index in [0.717, 1.165) is 17.7 Å². The highest BCUT2D eigenvalue weighted by molar-refractivity contribution is 5.95. The number of rotatable bonds is 5. The topological polar surface area (TPSA) is 39.2 Å². The summed E-state index contributed by atoms with van der Waals surface area (Å²) in [5.74, 6) is 0.340. The van der Waals surface area contributed by atoms with Crippen molar-refractivity contribution < 1.29 is 9.53 Å². The molecular formula is C13H17NO2. The maximum atomic E-state index is 11.3. The molecule has 0 aromatic carbocycles. The zero-order valence-corrected chi connectivity index (χ0v) is 9.99. The summed E-state index contributed by atoms with van der Waals surface area (Å²) in [6.07, 6.45) is 4.38. The van der Waals surface area contributed by atoms with E-state index in [-0.39, 0.29) is 5.78 Å². The Hall–Kier alpha value is -1.64. The number of carbonyl (C=O) groups excluding carboxylic acids is 1. The Morgan fingerprint density at radius 2 is 2.25 bits per heavy atom. The second-order valence-corrected chi connectivity index (χ2v) is 3.43. The van der Waals surface area contributed by atoms with E-state index >= 15 is 0 Å².